The van der Waals surface area contributed by atoms with Crippen LogP contribution in [0.3, 0.4) is 0 Å². The number of anilines is 1. The van der Waals surface area contributed by atoms with Crippen molar-refractivity contribution in [3.63, 3.8) is 0 Å². The van der Waals surface area contributed by atoms with Gasteiger partial charge in [0.1, 0.15) is 0 Å². The molecular formula is C14H22ClNO2S. The van der Waals surface area contributed by atoms with Gasteiger partial charge in [-0.25, -0.2) is 8.42 Å². The fourth-order valence-corrected chi connectivity index (χ4v) is 2.83. The smallest absolute Gasteiger partial charge is 0.178 e. The first-order valence-electron chi connectivity index (χ1n) is 6.73. The monoisotopic (exact) mass is 303 g/mol. The third-order valence-corrected chi connectivity index (χ3v) is 5.00. The maximum atomic E-state index is 11.6. The van der Waals surface area contributed by atoms with Crippen molar-refractivity contribution in [3.8, 4) is 0 Å². The topological polar surface area (TPSA) is 46.2 Å². The standard InChI is InChI=1S/C14H22ClNO2S/c1-2-19(17,18)14-9-7-13(8-10-14)16-12-6-4-3-5-11-15/h7-10,16H,2-6,11-12H2,1H3. The summed E-state index contributed by atoms with van der Waals surface area (Å²) in [7, 11) is -3.09. The first-order valence-corrected chi connectivity index (χ1v) is 8.91. The number of alkyl halides is 1. The van der Waals surface area contributed by atoms with E-state index in [1.807, 2.05) is 12.1 Å². The van der Waals surface area contributed by atoms with Crippen LogP contribution in [-0.4, -0.2) is 26.6 Å². The third kappa shape index (κ3) is 5.83. The van der Waals surface area contributed by atoms with Crippen LogP contribution in [0.15, 0.2) is 29.2 Å². The van der Waals surface area contributed by atoms with E-state index in [0.29, 0.717) is 4.90 Å². The predicted octanol–water partition coefficient (Wildman–Crippen LogP) is 3.69. The SMILES string of the molecule is CCS(=O)(=O)c1ccc(NCCCCCCCl)cc1. The Morgan fingerprint density at radius 2 is 1.68 bits per heavy atom. The number of rotatable bonds is 9. The van der Waals surface area contributed by atoms with Gasteiger partial charge in [-0.3, -0.25) is 0 Å². The minimum absolute atomic E-state index is 0.139. The predicted molar refractivity (Wildman–Crippen MR) is 81.8 cm³/mol. The van der Waals surface area contributed by atoms with Crippen molar-refractivity contribution >= 4 is 27.1 Å². The summed E-state index contributed by atoms with van der Waals surface area (Å²) >= 11 is 5.61. The average molecular weight is 304 g/mol. The highest BCUT2D eigenvalue weighted by atomic mass is 35.5. The molecule has 0 atom stereocenters. The summed E-state index contributed by atoms with van der Waals surface area (Å²) in [4.78, 5) is 0.391. The fraction of sp³-hybridized carbons (Fsp3) is 0.571. The molecule has 0 spiro atoms. The van der Waals surface area contributed by atoms with Crippen LogP contribution in [0.1, 0.15) is 32.6 Å². The second-order valence-electron chi connectivity index (χ2n) is 4.46. The van der Waals surface area contributed by atoms with E-state index in [0.717, 1.165) is 31.0 Å². The summed E-state index contributed by atoms with van der Waals surface area (Å²) in [6.45, 7) is 2.56. The first kappa shape index (κ1) is 16.3. The Morgan fingerprint density at radius 3 is 2.26 bits per heavy atom. The van der Waals surface area contributed by atoms with Gasteiger partial charge in [0.15, 0.2) is 9.84 Å². The van der Waals surface area contributed by atoms with Crippen molar-refractivity contribution in [2.45, 2.75) is 37.5 Å². The van der Waals surface area contributed by atoms with Crippen LogP contribution >= 0.6 is 11.6 Å². The van der Waals surface area contributed by atoms with Crippen LogP contribution in [0, 0.1) is 0 Å². The van der Waals surface area contributed by atoms with Gasteiger partial charge in [0.25, 0.3) is 0 Å². The van der Waals surface area contributed by atoms with Crippen molar-refractivity contribution in [1.29, 1.82) is 0 Å². The zero-order valence-electron chi connectivity index (χ0n) is 11.4. The summed E-state index contributed by atoms with van der Waals surface area (Å²) in [5.41, 5.74) is 0.965. The van der Waals surface area contributed by atoms with Gasteiger partial charge in [0.05, 0.1) is 10.6 Å². The number of hydrogen-bond acceptors (Lipinski definition) is 3. The summed E-state index contributed by atoms with van der Waals surface area (Å²) in [5.74, 6) is 0.876. The quantitative estimate of drug-likeness (QED) is 0.559. The molecule has 1 N–H and O–H groups in total. The molecule has 5 heteroatoms. The highest BCUT2D eigenvalue weighted by Crippen LogP contribution is 2.15. The van der Waals surface area contributed by atoms with Crippen LogP contribution in [-0.2, 0) is 9.84 Å². The molecule has 0 aromatic heterocycles. The largest absolute Gasteiger partial charge is 0.385 e. The highest BCUT2D eigenvalue weighted by molar-refractivity contribution is 7.91. The van der Waals surface area contributed by atoms with E-state index in [4.69, 9.17) is 11.6 Å². The summed E-state index contributed by atoms with van der Waals surface area (Å²) in [6, 6.07) is 6.96. The summed E-state index contributed by atoms with van der Waals surface area (Å²) in [5, 5.41) is 3.29. The summed E-state index contributed by atoms with van der Waals surface area (Å²) < 4.78 is 23.3. The van der Waals surface area contributed by atoms with Gasteiger partial charge in [-0.1, -0.05) is 19.8 Å². The van der Waals surface area contributed by atoms with Crippen LogP contribution in [0.5, 0.6) is 0 Å². The Hall–Kier alpha value is -0.740. The Labute approximate surface area is 121 Å². The van der Waals surface area contributed by atoms with Gasteiger partial charge in [-0.2, -0.15) is 0 Å². The highest BCUT2D eigenvalue weighted by Gasteiger charge is 2.10. The van der Waals surface area contributed by atoms with E-state index in [1.165, 1.54) is 12.8 Å². The van der Waals surface area contributed by atoms with Crippen molar-refractivity contribution < 1.29 is 8.42 Å². The van der Waals surface area contributed by atoms with Crippen LogP contribution in [0.4, 0.5) is 5.69 Å². The fourth-order valence-electron chi connectivity index (χ4n) is 1.75. The summed E-state index contributed by atoms with van der Waals surface area (Å²) in [6.07, 6.45) is 4.51. The van der Waals surface area contributed by atoms with Crippen molar-refractivity contribution in [2.75, 3.05) is 23.5 Å². The van der Waals surface area contributed by atoms with E-state index in [9.17, 15) is 8.42 Å². The lowest BCUT2D eigenvalue weighted by atomic mass is 10.2. The molecule has 0 aliphatic carbocycles. The van der Waals surface area contributed by atoms with E-state index < -0.39 is 9.84 Å². The Bertz CT molecular complexity index is 457. The molecule has 0 fully saturated rings. The lowest BCUT2D eigenvalue weighted by Crippen LogP contribution is -2.05. The Morgan fingerprint density at radius 1 is 1.05 bits per heavy atom. The Kier molecular flexibility index (Phi) is 7.24. The van der Waals surface area contributed by atoms with Crippen LogP contribution in [0.25, 0.3) is 0 Å². The van der Waals surface area contributed by atoms with Gasteiger partial charge < -0.3 is 5.32 Å². The molecule has 0 heterocycles. The molecule has 1 rings (SSSR count). The molecule has 0 bridgehead atoms. The molecule has 0 saturated carbocycles. The van der Waals surface area contributed by atoms with Gasteiger partial charge in [0.2, 0.25) is 0 Å². The Balaban J connectivity index is 2.37. The van der Waals surface area contributed by atoms with Gasteiger partial charge >= 0.3 is 0 Å². The number of unbranched alkanes of at least 4 members (excludes halogenated alkanes) is 3. The minimum Gasteiger partial charge on any atom is -0.385 e. The third-order valence-electron chi connectivity index (χ3n) is 2.98. The number of sulfone groups is 1. The lowest BCUT2D eigenvalue weighted by Gasteiger charge is -2.07. The number of nitrogens with one attached hydrogen (secondary N) is 1. The molecule has 108 valence electrons. The molecule has 19 heavy (non-hydrogen) atoms. The van der Waals surface area contributed by atoms with Crippen LogP contribution in [0.2, 0.25) is 0 Å². The van der Waals surface area contributed by atoms with E-state index in [1.54, 1.807) is 19.1 Å². The molecule has 3 nitrogen and oxygen atoms in total. The minimum atomic E-state index is -3.09. The average Bonchev–Trinajstić information content (AvgIpc) is 2.43. The molecule has 0 unspecified atom stereocenters. The molecule has 0 radical (unpaired) electrons. The van der Waals surface area contributed by atoms with E-state index >= 15 is 0 Å². The first-order chi connectivity index (χ1) is 9.10. The molecule has 1 aromatic rings. The second-order valence-corrected chi connectivity index (χ2v) is 7.11. The normalized spacial score (nSPS) is 11.5. The van der Waals surface area contributed by atoms with Crippen LogP contribution < -0.4 is 5.32 Å². The van der Waals surface area contributed by atoms with Crippen molar-refractivity contribution in [2.24, 2.45) is 0 Å². The number of hydrogen-bond donors (Lipinski definition) is 1. The molecule has 0 saturated heterocycles. The lowest BCUT2D eigenvalue weighted by molar-refractivity contribution is 0.597. The molecular weight excluding hydrogens is 282 g/mol. The van der Waals surface area contributed by atoms with Crippen molar-refractivity contribution in [3.05, 3.63) is 24.3 Å². The molecule has 1 aromatic carbocycles. The number of benzene rings is 1. The number of halogens is 1. The maximum Gasteiger partial charge on any atom is 0.178 e. The van der Waals surface area contributed by atoms with Gasteiger partial charge in [-0.15, -0.1) is 11.6 Å². The van der Waals surface area contributed by atoms with E-state index in [-0.39, 0.29) is 5.75 Å². The van der Waals surface area contributed by atoms with E-state index in [2.05, 4.69) is 5.32 Å². The maximum absolute atomic E-state index is 11.6. The zero-order chi connectivity index (χ0) is 14.1. The molecule has 0 aliphatic heterocycles. The van der Waals surface area contributed by atoms with Gasteiger partial charge in [-0.05, 0) is 37.1 Å². The van der Waals surface area contributed by atoms with Gasteiger partial charge in [0, 0.05) is 18.1 Å². The molecule has 0 aliphatic rings. The van der Waals surface area contributed by atoms with Crippen molar-refractivity contribution in [1.82, 2.24) is 0 Å². The second kappa shape index (κ2) is 8.43. The molecule has 0 amide bonds. The zero-order valence-corrected chi connectivity index (χ0v) is 12.9.